The fourth-order valence-corrected chi connectivity index (χ4v) is 3.99. The average Bonchev–Trinajstić information content (AvgIpc) is 3.04. The molecule has 2 aromatic rings. The lowest BCUT2D eigenvalue weighted by Crippen LogP contribution is -2.37. The van der Waals surface area contributed by atoms with Crippen LogP contribution in [0.15, 0.2) is 52.4 Å². The Morgan fingerprint density at radius 3 is 2.56 bits per heavy atom. The van der Waals surface area contributed by atoms with Gasteiger partial charge in [0.2, 0.25) is 5.11 Å². The molecule has 6 heteroatoms. The second kappa shape index (κ2) is 8.46. The van der Waals surface area contributed by atoms with Gasteiger partial charge in [-0.05, 0) is 80.3 Å². The van der Waals surface area contributed by atoms with E-state index >= 15 is 0 Å². The van der Waals surface area contributed by atoms with Crippen LogP contribution in [0.4, 0.5) is 0 Å². The van der Waals surface area contributed by atoms with E-state index < -0.39 is 0 Å². The third-order valence-corrected chi connectivity index (χ3v) is 5.63. The van der Waals surface area contributed by atoms with E-state index in [-0.39, 0.29) is 0 Å². The summed E-state index contributed by atoms with van der Waals surface area (Å²) in [6.07, 6.45) is 3.62. The van der Waals surface area contributed by atoms with E-state index in [4.69, 9.17) is 28.6 Å². The van der Waals surface area contributed by atoms with Crippen LogP contribution in [0.2, 0.25) is 5.02 Å². The van der Waals surface area contributed by atoms with E-state index in [0.717, 1.165) is 53.5 Å². The predicted molar refractivity (Wildman–Crippen MR) is 111 cm³/mol. The topological polar surface area (TPSA) is 37.2 Å². The van der Waals surface area contributed by atoms with Gasteiger partial charge in [0.05, 0.1) is 10.7 Å². The minimum absolute atomic E-state index is 0.392. The van der Waals surface area contributed by atoms with Crippen LogP contribution in [0.3, 0.4) is 0 Å². The highest BCUT2D eigenvalue weighted by Crippen LogP contribution is 2.22. The van der Waals surface area contributed by atoms with Gasteiger partial charge in [0.1, 0.15) is 12.4 Å². The number of hydrogen-bond donors (Lipinski definition) is 0. The Balaban J connectivity index is 1.21. The molecule has 0 atom stereocenters. The molecule has 0 aliphatic carbocycles. The van der Waals surface area contributed by atoms with Gasteiger partial charge in [-0.25, -0.2) is 9.98 Å². The summed E-state index contributed by atoms with van der Waals surface area (Å²) in [7, 11) is 0. The molecule has 0 bridgehead atoms. The van der Waals surface area contributed by atoms with Crippen LogP contribution < -0.4 is 15.5 Å². The lowest BCUT2D eigenvalue weighted by Gasteiger charge is -2.31. The Bertz CT molecular complexity index is 937. The molecule has 1 fully saturated rings. The smallest absolute Gasteiger partial charge is 0.220 e. The number of thiocarbonyl (C=S) groups is 1. The SMILES string of the molecule is S=C1N=c2ccc(OCCN3CCC(Cc4ccc(Cl)cc4)CC3)cc2=N1. The number of fused-ring (bicyclic) bond motifs is 1. The van der Waals surface area contributed by atoms with E-state index in [1.54, 1.807) is 0 Å². The molecular weight excluding hydrogens is 378 g/mol. The first kappa shape index (κ1) is 18.5. The zero-order valence-corrected chi connectivity index (χ0v) is 16.7. The molecule has 2 aliphatic heterocycles. The predicted octanol–water partition coefficient (Wildman–Crippen LogP) is 3.21. The third kappa shape index (κ3) is 4.92. The first-order valence-electron chi connectivity index (χ1n) is 9.37. The van der Waals surface area contributed by atoms with Crippen molar-refractivity contribution in [1.29, 1.82) is 0 Å². The van der Waals surface area contributed by atoms with E-state index in [0.29, 0.717) is 11.7 Å². The fraction of sp³-hybridized carbons (Fsp3) is 0.381. The normalized spacial score (nSPS) is 17.3. The quantitative estimate of drug-likeness (QED) is 0.700. The maximum atomic E-state index is 5.97. The van der Waals surface area contributed by atoms with Crippen LogP contribution in [0.1, 0.15) is 18.4 Å². The van der Waals surface area contributed by atoms with E-state index in [9.17, 15) is 0 Å². The number of nitrogens with zero attached hydrogens (tertiary/aromatic N) is 3. The molecule has 4 nitrogen and oxygen atoms in total. The molecule has 2 heterocycles. The monoisotopic (exact) mass is 399 g/mol. The van der Waals surface area contributed by atoms with Gasteiger partial charge in [0.15, 0.2) is 0 Å². The highest BCUT2D eigenvalue weighted by atomic mass is 35.5. The molecule has 0 radical (unpaired) electrons. The second-order valence-electron chi connectivity index (χ2n) is 7.12. The van der Waals surface area contributed by atoms with Crippen LogP contribution in [0.25, 0.3) is 0 Å². The van der Waals surface area contributed by atoms with Crippen molar-refractivity contribution in [2.24, 2.45) is 15.9 Å². The molecule has 0 N–H and O–H groups in total. The molecule has 27 heavy (non-hydrogen) atoms. The molecule has 4 rings (SSSR count). The Morgan fingerprint density at radius 2 is 1.78 bits per heavy atom. The molecule has 140 valence electrons. The summed E-state index contributed by atoms with van der Waals surface area (Å²) in [4.78, 5) is 10.9. The van der Waals surface area contributed by atoms with Crippen LogP contribution >= 0.6 is 23.8 Å². The van der Waals surface area contributed by atoms with Gasteiger partial charge in [-0.3, -0.25) is 4.90 Å². The molecule has 0 spiro atoms. The van der Waals surface area contributed by atoms with Gasteiger partial charge in [-0.2, -0.15) is 0 Å². The van der Waals surface area contributed by atoms with Crippen molar-refractivity contribution < 1.29 is 4.74 Å². The lowest BCUT2D eigenvalue weighted by molar-refractivity contribution is 0.155. The molecule has 2 aliphatic rings. The van der Waals surface area contributed by atoms with Gasteiger partial charge < -0.3 is 4.74 Å². The molecular formula is C21H22ClN3OS. The number of rotatable bonds is 6. The van der Waals surface area contributed by atoms with Crippen molar-refractivity contribution in [2.45, 2.75) is 19.3 Å². The van der Waals surface area contributed by atoms with Crippen molar-refractivity contribution >= 4 is 28.9 Å². The van der Waals surface area contributed by atoms with E-state index in [1.807, 2.05) is 30.3 Å². The summed E-state index contributed by atoms with van der Waals surface area (Å²) in [6, 6.07) is 14.0. The maximum Gasteiger partial charge on any atom is 0.220 e. The highest BCUT2D eigenvalue weighted by Gasteiger charge is 2.19. The number of ether oxygens (including phenoxy) is 1. The molecule has 0 amide bonds. The molecule has 0 unspecified atom stereocenters. The minimum Gasteiger partial charge on any atom is -0.492 e. The van der Waals surface area contributed by atoms with Crippen molar-refractivity contribution in [3.63, 3.8) is 0 Å². The summed E-state index contributed by atoms with van der Waals surface area (Å²) in [5, 5.41) is 2.84. The van der Waals surface area contributed by atoms with Crippen molar-refractivity contribution in [2.75, 3.05) is 26.2 Å². The zero-order chi connectivity index (χ0) is 18.6. The summed E-state index contributed by atoms with van der Waals surface area (Å²) < 4.78 is 5.90. The molecule has 1 saturated heterocycles. The minimum atomic E-state index is 0.392. The summed E-state index contributed by atoms with van der Waals surface area (Å²) in [5.41, 5.74) is 1.38. The standard InChI is InChI=1S/C21H22ClN3OS/c22-17-3-1-15(2-4-17)13-16-7-9-25(10-8-16)11-12-26-18-5-6-19-20(14-18)24-21(27)23-19/h1-6,14,16H,7-13H2. The van der Waals surface area contributed by atoms with Crippen LogP contribution in [0, 0.1) is 5.92 Å². The number of piperidine rings is 1. The van der Waals surface area contributed by atoms with Gasteiger partial charge in [-0.1, -0.05) is 23.7 Å². The van der Waals surface area contributed by atoms with E-state index in [1.165, 1.54) is 18.4 Å². The van der Waals surface area contributed by atoms with Gasteiger partial charge in [0.25, 0.3) is 0 Å². The first-order valence-corrected chi connectivity index (χ1v) is 10.2. The Labute approximate surface area is 169 Å². The highest BCUT2D eigenvalue weighted by molar-refractivity contribution is 7.80. The van der Waals surface area contributed by atoms with Crippen LogP contribution in [-0.2, 0) is 6.42 Å². The summed E-state index contributed by atoms with van der Waals surface area (Å²) in [5.74, 6) is 1.59. The molecule has 0 aromatic heterocycles. The summed E-state index contributed by atoms with van der Waals surface area (Å²) >= 11 is 11.0. The van der Waals surface area contributed by atoms with Gasteiger partial charge in [0, 0.05) is 17.6 Å². The number of likely N-dealkylation sites (tertiary alicyclic amines) is 1. The third-order valence-electron chi connectivity index (χ3n) is 5.20. The Hall–Kier alpha value is -1.82. The van der Waals surface area contributed by atoms with Gasteiger partial charge in [-0.15, -0.1) is 0 Å². The van der Waals surface area contributed by atoms with Crippen molar-refractivity contribution in [1.82, 2.24) is 4.90 Å². The number of benzene rings is 2. The number of halogens is 1. The lowest BCUT2D eigenvalue weighted by atomic mass is 9.90. The van der Waals surface area contributed by atoms with E-state index in [2.05, 4.69) is 27.0 Å². The second-order valence-corrected chi connectivity index (χ2v) is 7.92. The van der Waals surface area contributed by atoms with Gasteiger partial charge >= 0.3 is 0 Å². The first-order chi connectivity index (χ1) is 13.2. The maximum absolute atomic E-state index is 5.97. The Kier molecular flexibility index (Phi) is 5.81. The largest absolute Gasteiger partial charge is 0.492 e. The fourth-order valence-electron chi connectivity index (χ4n) is 3.67. The summed E-state index contributed by atoms with van der Waals surface area (Å²) in [6.45, 7) is 3.90. The molecule has 0 saturated carbocycles. The Morgan fingerprint density at radius 1 is 1.04 bits per heavy atom. The van der Waals surface area contributed by atoms with Crippen molar-refractivity contribution in [3.8, 4) is 5.75 Å². The number of hydrogen-bond acceptors (Lipinski definition) is 3. The van der Waals surface area contributed by atoms with Crippen LogP contribution in [0.5, 0.6) is 5.75 Å². The van der Waals surface area contributed by atoms with Crippen LogP contribution in [-0.4, -0.2) is 36.3 Å². The zero-order valence-electron chi connectivity index (χ0n) is 15.1. The van der Waals surface area contributed by atoms with Crippen molar-refractivity contribution in [3.05, 3.63) is 63.8 Å². The average molecular weight is 400 g/mol. The molecule has 2 aromatic carbocycles.